The number of thiazole rings is 1. The van der Waals surface area contributed by atoms with Gasteiger partial charge in [0.2, 0.25) is 17.4 Å². The first-order valence-electron chi connectivity index (χ1n) is 14.6. The Morgan fingerprint density at radius 2 is 1.85 bits per heavy atom. The molecule has 0 unspecified atom stereocenters. The van der Waals surface area contributed by atoms with Gasteiger partial charge in [0.25, 0.3) is 0 Å². The quantitative estimate of drug-likeness (QED) is 0.232. The Labute approximate surface area is 268 Å². The van der Waals surface area contributed by atoms with E-state index in [0.29, 0.717) is 28.5 Å². The Balaban J connectivity index is 1.38. The van der Waals surface area contributed by atoms with Gasteiger partial charge in [-0.15, -0.1) is 11.3 Å². The monoisotopic (exact) mass is 665 g/mol. The number of halogens is 1. The molecule has 240 valence electrons. The molecule has 1 aliphatic rings. The smallest absolute Gasteiger partial charge is 0.302 e. The largest absolute Gasteiger partial charge is 0.481 e. The fraction of sp³-hybridized carbons (Fsp3) is 0.312. The van der Waals surface area contributed by atoms with E-state index in [-0.39, 0.29) is 59.8 Å². The molecule has 1 amide bonds. The summed E-state index contributed by atoms with van der Waals surface area (Å²) in [4.78, 5) is 38.8. The zero-order valence-corrected chi connectivity index (χ0v) is 27.1. The van der Waals surface area contributed by atoms with E-state index in [2.05, 4.69) is 4.98 Å². The maximum absolute atomic E-state index is 13.9. The topological polar surface area (TPSA) is 125 Å². The van der Waals surface area contributed by atoms with Crippen LogP contribution in [-0.2, 0) is 38.9 Å². The van der Waals surface area contributed by atoms with Crippen molar-refractivity contribution in [2.75, 3.05) is 19.3 Å². The molecule has 5 aromatic rings. The first kappa shape index (κ1) is 31.6. The second kappa shape index (κ2) is 12.8. The normalized spacial score (nSPS) is 17.0. The minimum Gasteiger partial charge on any atom is -0.481 e. The number of carbonyl (C=O) groups is 1. The third-order valence-electron chi connectivity index (χ3n) is 7.56. The first-order valence-corrected chi connectivity index (χ1v) is 17.3. The molecule has 0 aliphatic carbocycles. The summed E-state index contributed by atoms with van der Waals surface area (Å²) in [6.45, 7) is 4.85. The number of hydrogen-bond acceptors (Lipinski definition) is 9. The van der Waals surface area contributed by atoms with Gasteiger partial charge < -0.3 is 18.9 Å². The lowest BCUT2D eigenvalue weighted by atomic mass is 10.1. The third-order valence-corrected chi connectivity index (χ3v) is 9.74. The van der Waals surface area contributed by atoms with Crippen LogP contribution in [0.25, 0.3) is 16.5 Å². The summed E-state index contributed by atoms with van der Waals surface area (Å²) >= 11 is 1.21. The molecule has 1 saturated heterocycles. The van der Waals surface area contributed by atoms with Gasteiger partial charge in [0.15, 0.2) is 15.5 Å². The van der Waals surface area contributed by atoms with E-state index in [9.17, 15) is 22.4 Å². The predicted octanol–water partition coefficient (Wildman–Crippen LogP) is 3.97. The molecule has 0 spiro atoms. The number of nitrogens with zero attached hydrogens (tertiary/aromatic N) is 5. The van der Waals surface area contributed by atoms with E-state index >= 15 is 0 Å². The van der Waals surface area contributed by atoms with Gasteiger partial charge in [-0.2, -0.15) is 0 Å². The van der Waals surface area contributed by atoms with Crippen molar-refractivity contribution in [1.82, 2.24) is 23.8 Å². The van der Waals surface area contributed by atoms with Gasteiger partial charge in [-0.1, -0.05) is 36.4 Å². The zero-order chi connectivity index (χ0) is 32.6. The lowest BCUT2D eigenvalue weighted by Crippen LogP contribution is -2.49. The van der Waals surface area contributed by atoms with Gasteiger partial charge in [0.05, 0.1) is 17.1 Å². The van der Waals surface area contributed by atoms with Gasteiger partial charge >= 0.3 is 5.56 Å². The summed E-state index contributed by atoms with van der Waals surface area (Å²) in [6.07, 6.45) is 5.78. The number of morpholine rings is 1. The standard InChI is InChI=1S/C32H32FN5O6S2/c1-20-16-37(17-21(2)44-20)27(39)18-36-11-12-38-31(40)29(43-19-22-7-5-4-6-8-22)28(35-32(36)38)30-34-15-25(45-30)13-23-9-10-24(33)14-26(23)46(3,41)42/h4-12,14-15,20-21H,13,16-19H2,1-3H3/t20-,21-/m1/s1. The Morgan fingerprint density at radius 3 is 2.57 bits per heavy atom. The van der Waals surface area contributed by atoms with Crippen molar-refractivity contribution in [2.24, 2.45) is 0 Å². The minimum absolute atomic E-state index is 0.0132. The number of sulfone groups is 1. The number of rotatable bonds is 9. The van der Waals surface area contributed by atoms with Crippen LogP contribution in [0.5, 0.6) is 5.75 Å². The number of aromatic nitrogens is 4. The molecule has 3 aromatic heterocycles. The number of ether oxygens (including phenoxy) is 2. The molecule has 0 radical (unpaired) electrons. The first-order chi connectivity index (χ1) is 22.0. The van der Waals surface area contributed by atoms with Crippen molar-refractivity contribution < 1.29 is 27.1 Å². The van der Waals surface area contributed by atoms with Crippen LogP contribution in [0.4, 0.5) is 4.39 Å². The van der Waals surface area contributed by atoms with Gasteiger partial charge in [0.1, 0.15) is 24.0 Å². The Bertz CT molecular complexity index is 2070. The van der Waals surface area contributed by atoms with Crippen LogP contribution in [0.2, 0.25) is 0 Å². The molecular formula is C32H32FN5O6S2. The molecule has 1 aliphatic heterocycles. The summed E-state index contributed by atoms with van der Waals surface area (Å²) < 4.78 is 53.4. The summed E-state index contributed by atoms with van der Waals surface area (Å²) in [5.41, 5.74) is 0.993. The van der Waals surface area contributed by atoms with Crippen molar-refractivity contribution in [2.45, 2.75) is 50.5 Å². The lowest BCUT2D eigenvalue weighted by molar-refractivity contribution is -0.143. The van der Waals surface area contributed by atoms with E-state index in [1.807, 2.05) is 44.2 Å². The molecule has 4 heterocycles. The van der Waals surface area contributed by atoms with Gasteiger partial charge in [-0.25, -0.2) is 27.2 Å². The highest BCUT2D eigenvalue weighted by atomic mass is 32.2. The van der Waals surface area contributed by atoms with Crippen LogP contribution in [-0.4, -0.2) is 69.7 Å². The number of hydrogen-bond donors (Lipinski definition) is 0. The van der Waals surface area contributed by atoms with Crippen molar-refractivity contribution >= 4 is 32.9 Å². The van der Waals surface area contributed by atoms with Crippen molar-refractivity contribution in [3.8, 4) is 16.5 Å². The summed E-state index contributed by atoms with van der Waals surface area (Å²) in [5, 5.41) is 0.371. The number of amides is 1. The molecule has 2 aromatic carbocycles. The second-order valence-corrected chi connectivity index (χ2v) is 14.5. The minimum atomic E-state index is -3.69. The second-order valence-electron chi connectivity index (χ2n) is 11.4. The molecule has 1 fully saturated rings. The zero-order valence-electron chi connectivity index (χ0n) is 25.4. The third kappa shape index (κ3) is 6.73. The molecule has 2 atom stereocenters. The lowest BCUT2D eigenvalue weighted by Gasteiger charge is -2.35. The predicted molar refractivity (Wildman–Crippen MR) is 170 cm³/mol. The Morgan fingerprint density at radius 1 is 1.11 bits per heavy atom. The number of carbonyl (C=O) groups excluding carboxylic acids is 1. The highest BCUT2D eigenvalue weighted by Gasteiger charge is 2.27. The van der Waals surface area contributed by atoms with Gasteiger partial charge in [-0.3, -0.25) is 9.59 Å². The van der Waals surface area contributed by atoms with Crippen molar-refractivity contribution in [3.63, 3.8) is 0 Å². The van der Waals surface area contributed by atoms with E-state index < -0.39 is 21.2 Å². The van der Waals surface area contributed by atoms with Crippen LogP contribution in [0.1, 0.15) is 29.9 Å². The van der Waals surface area contributed by atoms with E-state index in [0.717, 1.165) is 17.9 Å². The average molecular weight is 666 g/mol. The van der Waals surface area contributed by atoms with E-state index in [4.69, 9.17) is 14.5 Å². The maximum Gasteiger partial charge on any atom is 0.302 e. The molecule has 0 bridgehead atoms. The number of benzene rings is 2. The average Bonchev–Trinajstić information content (AvgIpc) is 3.64. The Kier molecular flexibility index (Phi) is 8.77. The van der Waals surface area contributed by atoms with Gasteiger partial charge in [-0.05, 0) is 37.1 Å². The summed E-state index contributed by atoms with van der Waals surface area (Å²) in [5.74, 6) is -0.547. The van der Waals surface area contributed by atoms with Crippen molar-refractivity contribution in [1.29, 1.82) is 0 Å². The highest BCUT2D eigenvalue weighted by molar-refractivity contribution is 7.90. The fourth-order valence-electron chi connectivity index (χ4n) is 5.52. The van der Waals surface area contributed by atoms with Crippen molar-refractivity contribution in [3.05, 3.63) is 99.3 Å². The number of imidazole rings is 1. The molecule has 0 N–H and O–H groups in total. The maximum atomic E-state index is 13.9. The van der Waals surface area contributed by atoms with Gasteiger partial charge in [0, 0.05) is 49.2 Å². The molecule has 6 rings (SSSR count). The van der Waals surface area contributed by atoms with E-state index in [1.54, 1.807) is 28.1 Å². The van der Waals surface area contributed by atoms with E-state index in [1.165, 1.54) is 27.9 Å². The molecule has 0 saturated carbocycles. The molecular weight excluding hydrogens is 634 g/mol. The van der Waals surface area contributed by atoms with Crippen LogP contribution >= 0.6 is 11.3 Å². The SMILES string of the molecule is C[C@@H]1CN(C(=O)Cn2ccn3c(=O)c(OCc4ccccc4)c(-c4ncc(Cc5ccc(F)cc5S(C)(=O)=O)s4)nc23)C[C@@H](C)O1. The summed E-state index contributed by atoms with van der Waals surface area (Å²) in [6, 6.07) is 13.0. The van der Waals surface area contributed by atoms with Crippen LogP contribution < -0.4 is 10.3 Å². The molecule has 46 heavy (non-hydrogen) atoms. The highest BCUT2D eigenvalue weighted by Crippen LogP contribution is 2.32. The fourth-order valence-corrected chi connectivity index (χ4v) is 7.38. The number of fused-ring (bicyclic) bond motifs is 1. The molecule has 14 heteroatoms. The van der Waals surface area contributed by atoms with Crippen LogP contribution in [0, 0.1) is 5.82 Å². The molecule has 11 nitrogen and oxygen atoms in total. The van der Waals surface area contributed by atoms with Crippen LogP contribution in [0.15, 0.2) is 76.8 Å². The Hall–Kier alpha value is -4.40. The summed E-state index contributed by atoms with van der Waals surface area (Å²) in [7, 11) is -3.69. The van der Waals surface area contributed by atoms with Crippen LogP contribution in [0.3, 0.4) is 0 Å².